The third-order valence-electron chi connectivity index (χ3n) is 2.54. The lowest BCUT2D eigenvalue weighted by molar-refractivity contribution is 0.304. The van der Waals surface area contributed by atoms with Crippen molar-refractivity contribution in [3.8, 4) is 11.5 Å². The van der Waals surface area contributed by atoms with E-state index in [2.05, 4.69) is 15.9 Å². The second-order valence-corrected chi connectivity index (χ2v) is 4.89. The van der Waals surface area contributed by atoms with E-state index in [1.54, 1.807) is 25.3 Å². The number of hydrogen-bond acceptors (Lipinski definition) is 3. The number of nitrogen functional groups attached to an aromatic ring is 1. The Labute approximate surface area is 119 Å². The number of rotatable bonds is 4. The van der Waals surface area contributed by atoms with Crippen molar-refractivity contribution in [2.24, 2.45) is 0 Å². The smallest absolute Gasteiger partial charge is 0.141 e. The monoisotopic (exact) mass is 325 g/mol. The zero-order valence-electron chi connectivity index (χ0n) is 10.3. The number of methoxy groups -OCH3 is 1. The van der Waals surface area contributed by atoms with Gasteiger partial charge in [0.05, 0.1) is 12.8 Å². The summed E-state index contributed by atoms with van der Waals surface area (Å²) in [4.78, 5) is 0. The average Bonchev–Trinajstić information content (AvgIpc) is 2.35. The molecule has 0 fully saturated rings. The third-order valence-corrected chi connectivity index (χ3v) is 2.99. The van der Waals surface area contributed by atoms with Crippen LogP contribution in [0.5, 0.6) is 11.5 Å². The van der Waals surface area contributed by atoms with E-state index in [-0.39, 0.29) is 5.82 Å². The minimum Gasteiger partial charge on any atom is -0.495 e. The van der Waals surface area contributed by atoms with E-state index in [0.29, 0.717) is 28.3 Å². The topological polar surface area (TPSA) is 44.5 Å². The molecular weight excluding hydrogens is 313 g/mol. The molecule has 2 aromatic rings. The first-order valence-electron chi connectivity index (χ1n) is 5.60. The van der Waals surface area contributed by atoms with Gasteiger partial charge in [0, 0.05) is 10.5 Å². The molecule has 0 heterocycles. The van der Waals surface area contributed by atoms with Crippen LogP contribution in [0.15, 0.2) is 40.9 Å². The predicted octanol–water partition coefficient (Wildman–Crippen LogP) is 3.76. The molecule has 2 N–H and O–H groups in total. The summed E-state index contributed by atoms with van der Waals surface area (Å²) in [5, 5.41) is 0. The fourth-order valence-electron chi connectivity index (χ4n) is 1.65. The van der Waals surface area contributed by atoms with E-state index in [4.69, 9.17) is 15.2 Å². The number of benzene rings is 2. The van der Waals surface area contributed by atoms with Gasteiger partial charge < -0.3 is 15.2 Å². The van der Waals surface area contributed by atoms with Crippen LogP contribution in [0.1, 0.15) is 5.56 Å². The highest BCUT2D eigenvalue weighted by Crippen LogP contribution is 2.24. The highest BCUT2D eigenvalue weighted by molar-refractivity contribution is 9.10. The minimum atomic E-state index is -0.349. The molecule has 0 aromatic heterocycles. The summed E-state index contributed by atoms with van der Waals surface area (Å²) in [7, 11) is 1.56. The molecule has 100 valence electrons. The number of ether oxygens (including phenoxy) is 2. The Morgan fingerprint density at radius 3 is 2.63 bits per heavy atom. The number of anilines is 1. The Bertz CT molecular complexity index is 569. The molecule has 0 bridgehead atoms. The Hall–Kier alpha value is -1.75. The fraction of sp³-hybridized carbons (Fsp3) is 0.143. The first-order valence-corrected chi connectivity index (χ1v) is 6.39. The SMILES string of the molecule is COc1ccc(COc2cc(F)cc(Br)c2)cc1N. The van der Waals surface area contributed by atoms with Crippen molar-refractivity contribution in [2.45, 2.75) is 6.61 Å². The maximum Gasteiger partial charge on any atom is 0.141 e. The Balaban J connectivity index is 2.08. The van der Waals surface area contributed by atoms with Gasteiger partial charge in [0.15, 0.2) is 0 Å². The molecule has 0 aliphatic carbocycles. The quantitative estimate of drug-likeness (QED) is 0.870. The molecule has 5 heteroatoms. The standard InChI is InChI=1S/C14H13BrFNO2/c1-18-14-3-2-9(4-13(14)17)8-19-12-6-10(15)5-11(16)7-12/h2-7H,8,17H2,1H3. The van der Waals surface area contributed by atoms with Crippen LogP contribution < -0.4 is 15.2 Å². The van der Waals surface area contributed by atoms with Crippen molar-refractivity contribution < 1.29 is 13.9 Å². The van der Waals surface area contributed by atoms with Crippen molar-refractivity contribution in [1.82, 2.24) is 0 Å². The summed E-state index contributed by atoms with van der Waals surface area (Å²) in [5.41, 5.74) is 7.23. The van der Waals surface area contributed by atoms with Crippen molar-refractivity contribution in [1.29, 1.82) is 0 Å². The van der Waals surface area contributed by atoms with Crippen molar-refractivity contribution in [3.05, 3.63) is 52.3 Å². The summed E-state index contributed by atoms with van der Waals surface area (Å²) in [6.45, 7) is 0.310. The molecule has 0 spiro atoms. The second-order valence-electron chi connectivity index (χ2n) is 3.97. The Morgan fingerprint density at radius 2 is 2.00 bits per heavy atom. The first-order chi connectivity index (χ1) is 9.08. The van der Waals surface area contributed by atoms with E-state index >= 15 is 0 Å². The lowest BCUT2D eigenvalue weighted by atomic mass is 10.2. The van der Waals surface area contributed by atoms with Crippen LogP contribution in [0.25, 0.3) is 0 Å². The summed E-state index contributed by atoms with van der Waals surface area (Å²) in [6.07, 6.45) is 0. The van der Waals surface area contributed by atoms with E-state index < -0.39 is 0 Å². The predicted molar refractivity (Wildman–Crippen MR) is 75.8 cm³/mol. The fourth-order valence-corrected chi connectivity index (χ4v) is 2.10. The van der Waals surface area contributed by atoms with E-state index in [1.165, 1.54) is 12.1 Å². The maximum atomic E-state index is 13.2. The Kier molecular flexibility index (Phi) is 4.27. The zero-order valence-corrected chi connectivity index (χ0v) is 11.9. The van der Waals surface area contributed by atoms with Gasteiger partial charge in [0.1, 0.15) is 23.9 Å². The highest BCUT2D eigenvalue weighted by Gasteiger charge is 2.03. The van der Waals surface area contributed by atoms with Gasteiger partial charge in [-0.2, -0.15) is 0 Å². The molecule has 0 radical (unpaired) electrons. The highest BCUT2D eigenvalue weighted by atomic mass is 79.9. The lowest BCUT2D eigenvalue weighted by Crippen LogP contribution is -1.99. The van der Waals surface area contributed by atoms with E-state index in [9.17, 15) is 4.39 Å². The summed E-state index contributed by atoms with van der Waals surface area (Å²) in [6, 6.07) is 9.80. The lowest BCUT2D eigenvalue weighted by Gasteiger charge is -2.09. The van der Waals surface area contributed by atoms with E-state index in [1.807, 2.05) is 6.07 Å². The number of nitrogens with two attached hydrogens (primary N) is 1. The average molecular weight is 326 g/mol. The third kappa shape index (κ3) is 3.61. The molecule has 0 aliphatic rings. The van der Waals surface area contributed by atoms with Crippen molar-refractivity contribution >= 4 is 21.6 Å². The molecule has 19 heavy (non-hydrogen) atoms. The first kappa shape index (κ1) is 13.7. The van der Waals surface area contributed by atoms with Gasteiger partial charge in [0.25, 0.3) is 0 Å². The minimum absolute atomic E-state index is 0.310. The van der Waals surface area contributed by atoms with Gasteiger partial charge in [-0.05, 0) is 29.8 Å². The molecule has 2 aromatic carbocycles. The van der Waals surface area contributed by atoms with Gasteiger partial charge in [0.2, 0.25) is 0 Å². The Morgan fingerprint density at radius 1 is 1.21 bits per heavy atom. The second kappa shape index (κ2) is 5.93. The van der Waals surface area contributed by atoms with Crippen LogP contribution in [0.2, 0.25) is 0 Å². The maximum absolute atomic E-state index is 13.2. The molecule has 0 saturated carbocycles. The molecule has 3 nitrogen and oxygen atoms in total. The van der Waals surface area contributed by atoms with E-state index in [0.717, 1.165) is 5.56 Å². The number of halogens is 2. The van der Waals surface area contributed by atoms with Crippen LogP contribution in [0.4, 0.5) is 10.1 Å². The molecule has 0 amide bonds. The van der Waals surface area contributed by atoms with Gasteiger partial charge in [-0.15, -0.1) is 0 Å². The van der Waals surface area contributed by atoms with Gasteiger partial charge in [-0.1, -0.05) is 22.0 Å². The van der Waals surface area contributed by atoms with Crippen LogP contribution in [0, 0.1) is 5.82 Å². The van der Waals surface area contributed by atoms with Crippen LogP contribution in [-0.4, -0.2) is 7.11 Å². The van der Waals surface area contributed by atoms with Gasteiger partial charge >= 0.3 is 0 Å². The van der Waals surface area contributed by atoms with Gasteiger partial charge in [-0.25, -0.2) is 4.39 Å². The number of hydrogen-bond donors (Lipinski definition) is 1. The molecule has 0 atom stereocenters. The molecule has 2 rings (SSSR count). The van der Waals surface area contributed by atoms with Gasteiger partial charge in [-0.3, -0.25) is 0 Å². The zero-order chi connectivity index (χ0) is 13.8. The molecule has 0 aliphatic heterocycles. The van der Waals surface area contributed by atoms with Crippen LogP contribution >= 0.6 is 15.9 Å². The van der Waals surface area contributed by atoms with Crippen LogP contribution in [-0.2, 0) is 6.61 Å². The largest absolute Gasteiger partial charge is 0.495 e. The van der Waals surface area contributed by atoms with Crippen molar-refractivity contribution in [3.63, 3.8) is 0 Å². The summed E-state index contributed by atoms with van der Waals surface area (Å²) in [5.74, 6) is 0.733. The van der Waals surface area contributed by atoms with Crippen molar-refractivity contribution in [2.75, 3.05) is 12.8 Å². The summed E-state index contributed by atoms with van der Waals surface area (Å²) >= 11 is 3.21. The van der Waals surface area contributed by atoms with Crippen LogP contribution in [0.3, 0.4) is 0 Å². The molecule has 0 unspecified atom stereocenters. The summed E-state index contributed by atoms with van der Waals surface area (Å²) < 4.78 is 24.4. The molecule has 0 saturated heterocycles. The molecular formula is C14H13BrFNO2. The normalized spacial score (nSPS) is 10.3.